The molecule has 0 aliphatic carbocycles. The van der Waals surface area contributed by atoms with Crippen LogP contribution in [0.4, 0.5) is 4.79 Å². The Kier molecular flexibility index (Phi) is 17.6. The van der Waals surface area contributed by atoms with Crippen LogP contribution in [0, 0.1) is 64.0 Å². The van der Waals surface area contributed by atoms with E-state index in [1.54, 1.807) is 0 Å². The molecule has 5 nitrogen and oxygen atoms in total. The molecule has 0 atom stereocenters. The molecule has 0 aromatic carbocycles. The number of carbonyl (C=O) groups is 1. The van der Waals surface area contributed by atoms with Crippen LogP contribution in [0.5, 0.6) is 0 Å². The number of aromatic nitrogens is 2. The van der Waals surface area contributed by atoms with E-state index in [2.05, 4.69) is 0 Å². The minimum atomic E-state index is -1.20. The number of hydrogen-bond acceptors (Lipinski definition) is 2. The van der Waals surface area contributed by atoms with E-state index >= 15 is 0 Å². The van der Waals surface area contributed by atoms with Gasteiger partial charge in [0.25, 0.3) is 5.56 Å². The Bertz CT molecular complexity index is 279. The minimum Gasteiger partial charge on any atom is -0.463 e. The SMILES string of the molecule is O=C(O)n1ccc(=O)[nH]1.[CH3-].[CH3-].[CH3-].[Ce+3]. The van der Waals surface area contributed by atoms with Crippen molar-refractivity contribution < 1.29 is 51.6 Å². The van der Waals surface area contributed by atoms with Gasteiger partial charge in [-0.15, -0.1) is 0 Å². The number of H-pyrrole nitrogens is 1. The number of carboxylic acid groups (broad SMARTS) is 1. The van der Waals surface area contributed by atoms with E-state index in [4.69, 9.17) is 5.11 Å². The van der Waals surface area contributed by atoms with Gasteiger partial charge in [-0.3, -0.25) is 9.89 Å². The zero-order valence-corrected chi connectivity index (χ0v) is 11.0. The summed E-state index contributed by atoms with van der Waals surface area (Å²) in [6, 6.07) is 1.13. The van der Waals surface area contributed by atoms with Crippen molar-refractivity contribution in [2.45, 2.75) is 0 Å². The van der Waals surface area contributed by atoms with Gasteiger partial charge in [-0.25, -0.2) is 4.79 Å². The molecule has 1 radical (unpaired) electrons. The van der Waals surface area contributed by atoms with E-state index in [1.165, 1.54) is 0 Å². The molecule has 1 rings (SSSR count). The summed E-state index contributed by atoms with van der Waals surface area (Å²) in [6.07, 6.45) is -0.0536. The number of hydrogen-bond donors (Lipinski definition) is 2. The molecule has 13 heavy (non-hydrogen) atoms. The van der Waals surface area contributed by atoms with Gasteiger partial charge in [0, 0.05) is 12.3 Å². The first-order chi connectivity index (χ1) is 4.20. The molecule has 0 aliphatic heterocycles. The van der Waals surface area contributed by atoms with Crippen molar-refractivity contribution in [3.8, 4) is 0 Å². The van der Waals surface area contributed by atoms with Crippen LogP contribution < -0.4 is 5.56 Å². The molecule has 0 bridgehead atoms. The average Bonchev–Trinajstić information content (AvgIpc) is 2.14. The van der Waals surface area contributed by atoms with Crippen molar-refractivity contribution in [2.24, 2.45) is 0 Å². The third kappa shape index (κ3) is 6.97. The van der Waals surface area contributed by atoms with Crippen LogP contribution in [-0.2, 0) is 0 Å². The van der Waals surface area contributed by atoms with Crippen molar-refractivity contribution in [3.05, 3.63) is 44.9 Å². The maximum Gasteiger partial charge on any atom is 3.00 e. The van der Waals surface area contributed by atoms with Crippen LogP contribution in [0.15, 0.2) is 17.1 Å². The normalized spacial score (nSPS) is 6.46. The van der Waals surface area contributed by atoms with Crippen molar-refractivity contribution in [2.75, 3.05) is 0 Å². The molecule has 0 unspecified atom stereocenters. The van der Waals surface area contributed by atoms with E-state index in [1.807, 2.05) is 5.10 Å². The van der Waals surface area contributed by atoms with E-state index in [-0.39, 0.29) is 64.0 Å². The molecule has 2 N–H and O–H groups in total. The van der Waals surface area contributed by atoms with E-state index in [9.17, 15) is 9.59 Å². The zero-order chi connectivity index (χ0) is 6.85. The smallest absolute Gasteiger partial charge is 0.463 e. The van der Waals surface area contributed by atoms with Gasteiger partial charge in [0.1, 0.15) is 0 Å². The van der Waals surface area contributed by atoms with Gasteiger partial charge in [-0.2, -0.15) is 4.68 Å². The Balaban J connectivity index is -0.000000101. The van der Waals surface area contributed by atoms with E-state index in [0.29, 0.717) is 4.68 Å². The molecule has 0 amide bonds. The van der Waals surface area contributed by atoms with Gasteiger partial charge in [-0.05, 0) is 0 Å². The third-order valence-electron chi connectivity index (χ3n) is 0.812. The number of aromatic amines is 1. The second-order valence-corrected chi connectivity index (χ2v) is 1.44. The molecule has 73 valence electrons. The molecular formula is C7H13CeN2O3. The maximum atomic E-state index is 10.3. The quantitative estimate of drug-likeness (QED) is 0.703. The van der Waals surface area contributed by atoms with Crippen LogP contribution in [0.25, 0.3) is 0 Å². The predicted octanol–water partition coefficient (Wildman–Crippen LogP) is 1.05. The second kappa shape index (κ2) is 9.94. The number of nitrogens with zero attached hydrogens (tertiary/aromatic N) is 1. The molecule has 1 aromatic heterocycles. The fourth-order valence-corrected chi connectivity index (χ4v) is 0.447. The van der Waals surface area contributed by atoms with Crippen LogP contribution in [0.3, 0.4) is 0 Å². The van der Waals surface area contributed by atoms with E-state index < -0.39 is 11.7 Å². The van der Waals surface area contributed by atoms with Gasteiger partial charge < -0.3 is 27.4 Å². The van der Waals surface area contributed by atoms with Crippen LogP contribution >= 0.6 is 0 Å². The van der Waals surface area contributed by atoms with Gasteiger partial charge in [0.15, 0.2) is 0 Å². The van der Waals surface area contributed by atoms with Crippen LogP contribution in [0.2, 0.25) is 0 Å². The first-order valence-corrected chi connectivity index (χ1v) is 2.21. The van der Waals surface area contributed by atoms with Crippen LogP contribution in [0.1, 0.15) is 0 Å². The summed E-state index contributed by atoms with van der Waals surface area (Å²) in [6.45, 7) is 0. The fraction of sp³-hybridized carbons (Fsp3) is 0. The number of nitrogens with one attached hydrogen (secondary N) is 1. The van der Waals surface area contributed by atoms with Gasteiger partial charge in [0.2, 0.25) is 0 Å². The topological polar surface area (TPSA) is 75.1 Å². The van der Waals surface area contributed by atoms with Gasteiger partial charge >= 0.3 is 47.8 Å². The molecule has 6 heteroatoms. The Labute approximate surface area is 112 Å². The third-order valence-corrected chi connectivity index (χ3v) is 0.812. The maximum absolute atomic E-state index is 10.3. The predicted molar refractivity (Wildman–Crippen MR) is 47.7 cm³/mol. The molecule has 0 fully saturated rings. The summed E-state index contributed by atoms with van der Waals surface area (Å²) in [5, 5.41) is 10.2. The van der Waals surface area contributed by atoms with Crippen molar-refractivity contribution in [1.82, 2.24) is 9.78 Å². The Morgan fingerprint density at radius 3 is 2.00 bits per heavy atom. The van der Waals surface area contributed by atoms with Gasteiger partial charge in [0.05, 0.1) is 0 Å². The molecule has 1 heterocycles. The second-order valence-electron chi connectivity index (χ2n) is 1.44. The summed E-state index contributed by atoms with van der Waals surface area (Å²) in [5.74, 6) is 0. The summed E-state index contributed by atoms with van der Waals surface area (Å²) < 4.78 is 0.683. The summed E-state index contributed by atoms with van der Waals surface area (Å²) in [4.78, 5) is 20.3. The summed E-state index contributed by atoms with van der Waals surface area (Å²) in [5.41, 5.74) is -0.419. The van der Waals surface area contributed by atoms with Crippen molar-refractivity contribution in [1.29, 1.82) is 0 Å². The zero-order valence-electron chi connectivity index (χ0n) is 7.87. The molecule has 0 saturated carbocycles. The van der Waals surface area contributed by atoms with Gasteiger partial charge in [-0.1, -0.05) is 0 Å². The van der Waals surface area contributed by atoms with Crippen molar-refractivity contribution in [3.63, 3.8) is 0 Å². The van der Waals surface area contributed by atoms with Crippen LogP contribution in [-0.4, -0.2) is 21.0 Å². The molecular weight excluding hydrogens is 300 g/mol. The average molecular weight is 313 g/mol. The Morgan fingerprint density at radius 2 is 1.85 bits per heavy atom. The Morgan fingerprint density at radius 1 is 1.38 bits per heavy atom. The standard InChI is InChI=1S/C4H4N2O3.3CH3.Ce/c7-3-1-2-6(5-3)4(8)9;;;;/h1-2H,(H,5,7)(H,8,9);3*1H3;/q;3*-1;+3. The molecule has 0 aliphatic rings. The largest absolute Gasteiger partial charge is 3.00 e. The number of rotatable bonds is 0. The minimum absolute atomic E-state index is 0. The first-order valence-electron chi connectivity index (χ1n) is 2.21. The summed E-state index contributed by atoms with van der Waals surface area (Å²) in [7, 11) is 0. The first kappa shape index (κ1) is 23.0. The fourth-order valence-electron chi connectivity index (χ4n) is 0.447. The molecule has 1 aromatic rings. The molecule has 0 saturated heterocycles. The Hall–Kier alpha value is -0.143. The molecule has 0 spiro atoms. The van der Waals surface area contributed by atoms with Crippen molar-refractivity contribution >= 4 is 6.09 Å². The monoisotopic (exact) mass is 313 g/mol. The summed E-state index contributed by atoms with van der Waals surface area (Å²) >= 11 is 0. The van der Waals surface area contributed by atoms with E-state index in [0.717, 1.165) is 12.3 Å².